The number of nitrogens with zero attached hydrogens (tertiary/aromatic N) is 3. The summed E-state index contributed by atoms with van der Waals surface area (Å²) in [4.78, 5) is 43.4. The lowest BCUT2D eigenvalue weighted by Crippen LogP contribution is -2.46. The number of carbonyl (C=O) groups is 3. The minimum atomic E-state index is -0.372. The van der Waals surface area contributed by atoms with Crippen LogP contribution in [0.3, 0.4) is 0 Å². The van der Waals surface area contributed by atoms with Gasteiger partial charge in [-0.05, 0) is 48.9 Å². The van der Waals surface area contributed by atoms with Gasteiger partial charge in [-0.15, -0.1) is 0 Å². The molecule has 0 aliphatic carbocycles. The summed E-state index contributed by atoms with van der Waals surface area (Å²) in [5.74, 6) is -0.758. The Bertz CT molecular complexity index is 1050. The molecule has 0 aromatic heterocycles. The zero-order valence-corrected chi connectivity index (χ0v) is 19.3. The normalized spacial score (nSPS) is 16.7. The van der Waals surface area contributed by atoms with Crippen LogP contribution in [-0.4, -0.2) is 79.9 Å². The Morgan fingerprint density at radius 2 is 1.47 bits per heavy atom. The Morgan fingerprint density at radius 1 is 0.824 bits per heavy atom. The highest BCUT2D eigenvalue weighted by Gasteiger charge is 2.24. The Hall–Kier alpha value is -3.46. The van der Waals surface area contributed by atoms with Crippen molar-refractivity contribution in [3.05, 3.63) is 59.4 Å². The molecule has 0 bridgehead atoms. The molecular weight excluding hydrogens is 437 g/mol. The predicted octanol–water partition coefficient (Wildman–Crippen LogP) is 2.18. The molecule has 2 aliphatic rings. The average molecular weight is 468 g/mol. The van der Waals surface area contributed by atoms with Crippen molar-refractivity contribution in [1.29, 1.82) is 0 Å². The van der Waals surface area contributed by atoms with Gasteiger partial charge in [0.15, 0.2) is 0 Å². The summed E-state index contributed by atoms with van der Waals surface area (Å²) < 4.78 is 13.2. The van der Waals surface area contributed by atoms with Crippen LogP contribution in [-0.2, 0) is 4.79 Å². The third kappa shape index (κ3) is 5.53. The fourth-order valence-corrected chi connectivity index (χ4v) is 4.42. The molecule has 2 fully saturated rings. The fraction of sp³-hybridized carbons (Fsp3) is 0.400. The van der Waals surface area contributed by atoms with Gasteiger partial charge in [-0.2, -0.15) is 0 Å². The molecule has 4 rings (SSSR count). The summed E-state index contributed by atoms with van der Waals surface area (Å²) in [7, 11) is 0. The summed E-state index contributed by atoms with van der Waals surface area (Å²) in [6.07, 6.45) is 0.744. The number of anilines is 2. The summed E-state index contributed by atoms with van der Waals surface area (Å²) in [5, 5.41) is 6.11. The van der Waals surface area contributed by atoms with Crippen molar-refractivity contribution >= 4 is 29.1 Å². The first-order chi connectivity index (χ1) is 16.4. The minimum Gasteiger partial charge on any atom is -0.368 e. The highest BCUT2D eigenvalue weighted by molar-refractivity contribution is 5.99. The van der Waals surface area contributed by atoms with Crippen molar-refractivity contribution in [2.24, 2.45) is 0 Å². The molecule has 2 aliphatic heterocycles. The highest BCUT2D eigenvalue weighted by atomic mass is 19.1. The van der Waals surface area contributed by atoms with Crippen LogP contribution in [0.15, 0.2) is 42.5 Å². The molecule has 2 saturated heterocycles. The van der Waals surface area contributed by atoms with Crippen molar-refractivity contribution in [2.45, 2.75) is 13.3 Å². The van der Waals surface area contributed by atoms with E-state index in [1.54, 1.807) is 17.0 Å². The Balaban J connectivity index is 1.51. The number of rotatable bonds is 4. The number of halogens is 1. The Morgan fingerprint density at radius 3 is 2.18 bits per heavy atom. The van der Waals surface area contributed by atoms with Gasteiger partial charge in [0.2, 0.25) is 5.91 Å². The third-order valence-electron chi connectivity index (χ3n) is 6.17. The number of benzene rings is 2. The Kier molecular flexibility index (Phi) is 7.42. The number of hydrogen-bond donors (Lipinski definition) is 2. The van der Waals surface area contributed by atoms with Crippen molar-refractivity contribution in [2.75, 3.05) is 62.6 Å². The molecule has 34 heavy (non-hydrogen) atoms. The van der Waals surface area contributed by atoms with Crippen molar-refractivity contribution in [3.63, 3.8) is 0 Å². The topological polar surface area (TPSA) is 85.0 Å². The maximum atomic E-state index is 13.2. The summed E-state index contributed by atoms with van der Waals surface area (Å²) >= 11 is 0. The van der Waals surface area contributed by atoms with Crippen LogP contribution in [0.4, 0.5) is 15.8 Å². The number of piperazine rings is 1. The third-order valence-corrected chi connectivity index (χ3v) is 6.17. The van der Waals surface area contributed by atoms with Crippen molar-refractivity contribution in [1.82, 2.24) is 15.1 Å². The van der Waals surface area contributed by atoms with E-state index < -0.39 is 0 Å². The second-order valence-electron chi connectivity index (χ2n) is 8.60. The predicted molar refractivity (Wildman–Crippen MR) is 129 cm³/mol. The maximum Gasteiger partial charge on any atom is 0.254 e. The first-order valence-electron chi connectivity index (χ1n) is 11.6. The number of hydrogen-bond acceptors (Lipinski definition) is 5. The second kappa shape index (κ2) is 10.6. The number of nitrogens with one attached hydrogen (secondary N) is 2. The van der Waals surface area contributed by atoms with Gasteiger partial charge in [0.1, 0.15) is 5.82 Å². The van der Waals surface area contributed by atoms with E-state index in [-0.39, 0.29) is 23.5 Å². The zero-order valence-electron chi connectivity index (χ0n) is 19.3. The van der Waals surface area contributed by atoms with E-state index in [0.29, 0.717) is 56.1 Å². The molecule has 0 saturated carbocycles. The lowest BCUT2D eigenvalue weighted by molar-refractivity contribution is -0.114. The van der Waals surface area contributed by atoms with E-state index in [2.05, 4.69) is 15.5 Å². The molecule has 2 N–H and O–H groups in total. The van der Waals surface area contributed by atoms with Gasteiger partial charge in [0.25, 0.3) is 11.8 Å². The average Bonchev–Trinajstić information content (AvgIpc) is 3.10. The molecule has 0 atom stereocenters. The molecule has 2 aromatic rings. The van der Waals surface area contributed by atoms with Crippen LogP contribution in [0.25, 0.3) is 0 Å². The van der Waals surface area contributed by atoms with E-state index in [9.17, 15) is 18.8 Å². The summed E-state index contributed by atoms with van der Waals surface area (Å²) in [5.41, 5.74) is 2.41. The van der Waals surface area contributed by atoms with Gasteiger partial charge in [-0.1, -0.05) is 0 Å². The van der Waals surface area contributed by atoms with Gasteiger partial charge < -0.3 is 25.3 Å². The molecule has 8 nitrogen and oxygen atoms in total. The van der Waals surface area contributed by atoms with Crippen LogP contribution in [0, 0.1) is 5.82 Å². The maximum absolute atomic E-state index is 13.2. The van der Waals surface area contributed by atoms with Gasteiger partial charge in [-0.25, -0.2) is 4.39 Å². The van der Waals surface area contributed by atoms with Crippen LogP contribution in [0.2, 0.25) is 0 Å². The highest BCUT2D eigenvalue weighted by Crippen LogP contribution is 2.29. The van der Waals surface area contributed by atoms with Gasteiger partial charge in [0.05, 0.1) is 11.4 Å². The fourth-order valence-electron chi connectivity index (χ4n) is 4.42. The minimum absolute atomic E-state index is 0.0495. The van der Waals surface area contributed by atoms with Crippen LogP contribution in [0.5, 0.6) is 0 Å². The molecule has 9 heteroatoms. The molecule has 3 amide bonds. The largest absolute Gasteiger partial charge is 0.368 e. The van der Waals surface area contributed by atoms with E-state index in [1.807, 2.05) is 11.0 Å². The number of amides is 3. The first kappa shape index (κ1) is 23.7. The molecule has 0 radical (unpaired) electrons. The van der Waals surface area contributed by atoms with Crippen LogP contribution < -0.4 is 15.5 Å². The summed E-state index contributed by atoms with van der Waals surface area (Å²) in [6.45, 7) is 6.64. The molecular formula is C25H30FN5O3. The van der Waals surface area contributed by atoms with E-state index in [1.165, 1.54) is 31.2 Å². The molecule has 0 spiro atoms. The molecule has 2 heterocycles. The van der Waals surface area contributed by atoms with E-state index in [4.69, 9.17) is 0 Å². The Labute approximate surface area is 198 Å². The van der Waals surface area contributed by atoms with Crippen LogP contribution in [0.1, 0.15) is 34.1 Å². The van der Waals surface area contributed by atoms with E-state index in [0.717, 1.165) is 25.2 Å². The monoisotopic (exact) mass is 467 g/mol. The van der Waals surface area contributed by atoms with Crippen molar-refractivity contribution < 1.29 is 18.8 Å². The van der Waals surface area contributed by atoms with Gasteiger partial charge >= 0.3 is 0 Å². The van der Waals surface area contributed by atoms with Crippen LogP contribution >= 0.6 is 0 Å². The SMILES string of the molecule is CC(=O)Nc1cc(C(=O)N2CCNCC2)ccc1N1CCCN(C(=O)c2ccc(F)cc2)CC1. The van der Waals surface area contributed by atoms with Gasteiger partial charge in [-0.3, -0.25) is 14.4 Å². The standard InChI is InChI=1S/C25H30FN5O3/c1-18(32)28-22-17-20(25(34)31-13-9-27-10-14-31)5-8-23(22)29-11-2-12-30(16-15-29)24(33)19-3-6-21(26)7-4-19/h3-8,17,27H,2,9-16H2,1H3,(H,28,32). The second-order valence-corrected chi connectivity index (χ2v) is 8.60. The lowest BCUT2D eigenvalue weighted by atomic mass is 10.1. The zero-order chi connectivity index (χ0) is 24.1. The molecule has 0 unspecified atom stereocenters. The van der Waals surface area contributed by atoms with Gasteiger partial charge in [0, 0.05) is 70.4 Å². The quantitative estimate of drug-likeness (QED) is 0.720. The lowest BCUT2D eigenvalue weighted by Gasteiger charge is -2.29. The van der Waals surface area contributed by atoms with Crippen molar-refractivity contribution in [3.8, 4) is 0 Å². The summed E-state index contributed by atoms with van der Waals surface area (Å²) in [6, 6.07) is 11.0. The van der Waals surface area contributed by atoms with E-state index >= 15 is 0 Å². The smallest absolute Gasteiger partial charge is 0.254 e. The first-order valence-corrected chi connectivity index (χ1v) is 11.6. The molecule has 180 valence electrons. The molecule has 2 aromatic carbocycles. The number of carbonyl (C=O) groups excluding carboxylic acids is 3.